The number of hydrogen-bond donors (Lipinski definition) is 2. The van der Waals surface area contributed by atoms with E-state index in [0.29, 0.717) is 12.8 Å². The molecule has 0 bridgehead atoms. The van der Waals surface area contributed by atoms with E-state index < -0.39 is 22.1 Å². The van der Waals surface area contributed by atoms with Crippen LogP contribution in [0.2, 0.25) is 5.02 Å². The molecular formula is C13H17ClN2O4. The zero-order chi connectivity index (χ0) is 15.3. The predicted molar refractivity (Wildman–Crippen MR) is 76.0 cm³/mol. The van der Waals surface area contributed by atoms with Crippen molar-refractivity contribution in [3.63, 3.8) is 0 Å². The van der Waals surface area contributed by atoms with E-state index in [1.807, 2.05) is 13.8 Å². The number of rotatable bonds is 6. The molecule has 1 aromatic rings. The molecule has 1 aromatic carbocycles. The number of nitro groups is 1. The molecule has 0 saturated heterocycles. The fraction of sp³-hybridized carbons (Fsp3) is 0.462. The first-order valence-electron chi connectivity index (χ1n) is 6.27. The third-order valence-electron chi connectivity index (χ3n) is 3.45. The molecule has 20 heavy (non-hydrogen) atoms. The Hall–Kier alpha value is -1.66. The van der Waals surface area contributed by atoms with Gasteiger partial charge in [-0.25, -0.2) is 0 Å². The normalized spacial score (nSPS) is 11.2. The Kier molecular flexibility index (Phi) is 5.47. The molecule has 0 saturated carbocycles. The van der Waals surface area contributed by atoms with Gasteiger partial charge in [-0.1, -0.05) is 31.5 Å². The number of nitro benzene ring substituents is 1. The molecule has 0 unspecified atom stereocenters. The maximum Gasteiger partial charge on any atom is 0.300 e. The molecule has 0 aliphatic rings. The van der Waals surface area contributed by atoms with Crippen LogP contribution in [-0.2, 0) is 0 Å². The van der Waals surface area contributed by atoms with Gasteiger partial charge in [-0.2, -0.15) is 0 Å². The number of aliphatic hydroxyl groups is 1. The molecule has 0 aromatic heterocycles. The van der Waals surface area contributed by atoms with E-state index in [-0.39, 0.29) is 17.2 Å². The number of carbonyl (C=O) groups is 1. The highest BCUT2D eigenvalue weighted by Crippen LogP contribution is 2.28. The summed E-state index contributed by atoms with van der Waals surface area (Å²) in [7, 11) is 0. The summed E-state index contributed by atoms with van der Waals surface area (Å²) in [6.45, 7) is 3.42. The molecule has 0 spiro atoms. The largest absolute Gasteiger partial charge is 0.394 e. The highest BCUT2D eigenvalue weighted by Gasteiger charge is 2.31. The van der Waals surface area contributed by atoms with Crippen molar-refractivity contribution >= 4 is 23.2 Å². The van der Waals surface area contributed by atoms with Crippen molar-refractivity contribution in [2.45, 2.75) is 32.2 Å². The monoisotopic (exact) mass is 300 g/mol. The van der Waals surface area contributed by atoms with E-state index in [9.17, 15) is 20.0 Å². The molecule has 0 atom stereocenters. The van der Waals surface area contributed by atoms with Gasteiger partial charge >= 0.3 is 5.69 Å². The van der Waals surface area contributed by atoms with Gasteiger partial charge < -0.3 is 10.4 Å². The lowest BCUT2D eigenvalue weighted by molar-refractivity contribution is -0.385. The number of halogens is 1. The Morgan fingerprint density at radius 2 is 2.05 bits per heavy atom. The van der Waals surface area contributed by atoms with Crippen molar-refractivity contribution in [3.8, 4) is 0 Å². The summed E-state index contributed by atoms with van der Waals surface area (Å²) in [6, 6.07) is 4.17. The fourth-order valence-corrected chi connectivity index (χ4v) is 2.13. The second kappa shape index (κ2) is 6.67. The first-order chi connectivity index (χ1) is 9.40. The summed E-state index contributed by atoms with van der Waals surface area (Å²) in [5, 5.41) is 23.0. The van der Waals surface area contributed by atoms with E-state index in [4.69, 9.17) is 11.6 Å². The Morgan fingerprint density at radius 1 is 1.45 bits per heavy atom. The van der Waals surface area contributed by atoms with Crippen LogP contribution >= 0.6 is 11.6 Å². The van der Waals surface area contributed by atoms with Gasteiger partial charge in [0.15, 0.2) is 0 Å². The van der Waals surface area contributed by atoms with E-state index >= 15 is 0 Å². The van der Waals surface area contributed by atoms with Gasteiger partial charge in [0.1, 0.15) is 10.6 Å². The van der Waals surface area contributed by atoms with E-state index in [2.05, 4.69) is 5.32 Å². The Balaban J connectivity index is 3.16. The van der Waals surface area contributed by atoms with Crippen molar-refractivity contribution in [3.05, 3.63) is 38.9 Å². The number of nitrogens with one attached hydrogen (secondary N) is 1. The number of benzene rings is 1. The number of amides is 1. The molecule has 2 N–H and O–H groups in total. The van der Waals surface area contributed by atoms with Crippen LogP contribution in [0.5, 0.6) is 0 Å². The van der Waals surface area contributed by atoms with Gasteiger partial charge in [-0.05, 0) is 25.0 Å². The molecule has 0 aliphatic heterocycles. The summed E-state index contributed by atoms with van der Waals surface area (Å²) in [4.78, 5) is 22.6. The second-order valence-electron chi connectivity index (χ2n) is 4.49. The molecule has 0 heterocycles. The Labute approximate surface area is 121 Å². The van der Waals surface area contributed by atoms with Gasteiger partial charge in [-0.15, -0.1) is 0 Å². The summed E-state index contributed by atoms with van der Waals surface area (Å²) in [5.74, 6) is -0.614. The minimum Gasteiger partial charge on any atom is -0.394 e. The smallest absolute Gasteiger partial charge is 0.300 e. The van der Waals surface area contributed by atoms with E-state index in [1.54, 1.807) is 0 Å². The molecule has 0 fully saturated rings. The van der Waals surface area contributed by atoms with Gasteiger partial charge in [0.2, 0.25) is 0 Å². The maximum atomic E-state index is 12.2. The highest BCUT2D eigenvalue weighted by atomic mass is 35.5. The van der Waals surface area contributed by atoms with Crippen molar-refractivity contribution in [2.75, 3.05) is 6.61 Å². The lowest BCUT2D eigenvalue weighted by atomic mass is 9.93. The number of aliphatic hydroxyl groups excluding tert-OH is 1. The molecule has 0 radical (unpaired) electrons. The summed E-state index contributed by atoms with van der Waals surface area (Å²) < 4.78 is 0. The average molecular weight is 301 g/mol. The topological polar surface area (TPSA) is 92.5 Å². The average Bonchev–Trinajstić information content (AvgIpc) is 2.44. The first kappa shape index (κ1) is 16.4. The molecule has 110 valence electrons. The summed E-state index contributed by atoms with van der Waals surface area (Å²) in [6.07, 6.45) is 1.03. The quantitative estimate of drug-likeness (QED) is 0.623. The molecule has 6 nitrogen and oxygen atoms in total. The van der Waals surface area contributed by atoms with Gasteiger partial charge in [0.05, 0.1) is 17.1 Å². The van der Waals surface area contributed by atoms with Crippen molar-refractivity contribution in [1.29, 1.82) is 0 Å². The van der Waals surface area contributed by atoms with Crippen LogP contribution in [0.1, 0.15) is 37.0 Å². The van der Waals surface area contributed by atoms with Crippen molar-refractivity contribution in [1.82, 2.24) is 5.32 Å². The van der Waals surface area contributed by atoms with E-state index in [0.717, 1.165) is 0 Å². The van der Waals surface area contributed by atoms with Crippen molar-refractivity contribution < 1.29 is 14.8 Å². The Bertz CT molecular complexity index is 507. The van der Waals surface area contributed by atoms with Crippen LogP contribution in [0.15, 0.2) is 18.2 Å². The lowest BCUT2D eigenvalue weighted by Crippen LogP contribution is -2.50. The van der Waals surface area contributed by atoms with Crippen LogP contribution in [0.25, 0.3) is 0 Å². The lowest BCUT2D eigenvalue weighted by Gasteiger charge is -2.30. The minimum absolute atomic E-state index is 0.0924. The zero-order valence-electron chi connectivity index (χ0n) is 11.4. The van der Waals surface area contributed by atoms with Crippen LogP contribution in [0.4, 0.5) is 5.69 Å². The summed E-state index contributed by atoms with van der Waals surface area (Å²) in [5.41, 5.74) is -1.32. The minimum atomic E-state index is -0.784. The molecule has 1 amide bonds. The molecular weight excluding hydrogens is 284 g/mol. The third kappa shape index (κ3) is 3.26. The molecule has 0 aliphatic carbocycles. The summed E-state index contributed by atoms with van der Waals surface area (Å²) >= 11 is 5.77. The Morgan fingerprint density at radius 3 is 2.50 bits per heavy atom. The van der Waals surface area contributed by atoms with E-state index in [1.165, 1.54) is 18.2 Å². The number of hydrogen-bond acceptors (Lipinski definition) is 4. The predicted octanol–water partition coefficient (Wildman–Crippen LogP) is 2.53. The fourth-order valence-electron chi connectivity index (χ4n) is 1.88. The van der Waals surface area contributed by atoms with Gasteiger partial charge in [0, 0.05) is 0 Å². The van der Waals surface area contributed by atoms with Gasteiger partial charge in [0.25, 0.3) is 5.91 Å². The van der Waals surface area contributed by atoms with Crippen LogP contribution in [-0.4, -0.2) is 28.1 Å². The van der Waals surface area contributed by atoms with Crippen molar-refractivity contribution in [2.24, 2.45) is 0 Å². The first-order valence-corrected chi connectivity index (χ1v) is 6.64. The standard InChI is InChI=1S/C13H17ClN2O4/c1-3-13(4-2,8-17)15-12(18)9-6-5-7-10(14)11(9)16(19)20/h5-7,17H,3-4,8H2,1-2H3,(H,15,18). The van der Waals surface area contributed by atoms with Gasteiger partial charge in [-0.3, -0.25) is 14.9 Å². The second-order valence-corrected chi connectivity index (χ2v) is 4.90. The van der Waals surface area contributed by atoms with Crippen LogP contribution in [0, 0.1) is 10.1 Å². The third-order valence-corrected chi connectivity index (χ3v) is 3.75. The SMILES string of the molecule is CCC(CC)(CO)NC(=O)c1cccc(Cl)c1[N+](=O)[O-]. The molecule has 7 heteroatoms. The number of carbonyl (C=O) groups excluding carboxylic acids is 1. The molecule has 1 rings (SSSR count). The highest BCUT2D eigenvalue weighted by molar-refractivity contribution is 6.33. The number of nitrogens with zero attached hydrogens (tertiary/aromatic N) is 1. The maximum absolute atomic E-state index is 12.2. The van der Waals surface area contributed by atoms with Crippen LogP contribution < -0.4 is 5.32 Å². The number of para-hydroxylation sites is 1. The van der Waals surface area contributed by atoms with Crippen LogP contribution in [0.3, 0.4) is 0 Å². The zero-order valence-corrected chi connectivity index (χ0v) is 12.1.